The predicted octanol–water partition coefficient (Wildman–Crippen LogP) is 15.2. The largest absolute Gasteiger partial charge is 0.345 e. The summed E-state index contributed by atoms with van der Waals surface area (Å²) in [6.07, 6.45) is 28.4. The summed E-state index contributed by atoms with van der Waals surface area (Å²) in [4.78, 5) is 4.55. The van der Waals surface area contributed by atoms with Gasteiger partial charge in [-0.2, -0.15) is 0 Å². The second-order valence-electron chi connectivity index (χ2n) is 14.0. The Hall–Kier alpha value is -6.38. The third-order valence-electron chi connectivity index (χ3n) is 10.6. The highest BCUT2D eigenvalue weighted by molar-refractivity contribution is 5.94. The van der Waals surface area contributed by atoms with Gasteiger partial charge >= 0.3 is 0 Å². The van der Waals surface area contributed by atoms with Crippen molar-refractivity contribution in [2.45, 2.75) is 51.9 Å². The first-order valence-corrected chi connectivity index (χ1v) is 20.5. The molecule has 0 aromatic heterocycles. The van der Waals surface area contributed by atoms with Gasteiger partial charge in [-0.25, -0.2) is 0 Å². The standard InChI is InChI=1S/C46H42N2.C7H8.C2H6/c1-4-37(48(40-21-11-6-12-22-40)41-23-13-7-14-24-41)32-29-35(2)46(36-30-33-39(34-31-36)47(3)38-19-9-5-10-20-38)44-27-16-8-15-25-42(44)43-26-17-18-28-45(43)46;1-2-4-6-7-5-3-1;1-2/h4-7,9-14,17-34H,2,8,15-16H2,1,3H3;1-6H,7H2;1-2H3/b32-29-,37-4+;;. The summed E-state index contributed by atoms with van der Waals surface area (Å²) in [6.45, 7) is 11.0. The average Bonchev–Trinajstić information content (AvgIpc) is 3.59. The fraction of sp³-hybridized carbons (Fsp3) is 0.164. The van der Waals surface area contributed by atoms with Crippen LogP contribution < -0.4 is 9.80 Å². The number of hydrogen-bond donors (Lipinski definition) is 0. The lowest BCUT2D eigenvalue weighted by molar-refractivity contribution is 0.762. The van der Waals surface area contributed by atoms with Crippen molar-refractivity contribution in [1.82, 2.24) is 0 Å². The molecule has 3 aliphatic carbocycles. The van der Waals surface area contributed by atoms with E-state index < -0.39 is 5.41 Å². The monoisotopic (exact) mass is 744 g/mol. The van der Waals surface area contributed by atoms with Crippen LogP contribution in [0.3, 0.4) is 0 Å². The molecule has 0 saturated carbocycles. The number of allylic oxidation sites excluding steroid dienone is 14. The molecule has 8 rings (SSSR count). The highest BCUT2D eigenvalue weighted by Crippen LogP contribution is 2.58. The van der Waals surface area contributed by atoms with Crippen LogP contribution in [0.4, 0.5) is 22.7 Å². The Labute approximate surface area is 342 Å². The summed E-state index contributed by atoms with van der Waals surface area (Å²) >= 11 is 0. The van der Waals surface area contributed by atoms with Gasteiger partial charge in [-0.05, 0) is 121 Å². The Morgan fingerprint density at radius 1 is 0.596 bits per heavy atom. The fourth-order valence-electron chi connectivity index (χ4n) is 7.94. The maximum Gasteiger partial charge on any atom is 0.0704 e. The maximum absolute atomic E-state index is 4.91. The molecule has 1 atom stereocenters. The maximum atomic E-state index is 4.91. The van der Waals surface area contributed by atoms with E-state index in [1.807, 2.05) is 26.0 Å². The molecule has 57 heavy (non-hydrogen) atoms. The normalized spacial score (nSPS) is 16.7. The van der Waals surface area contributed by atoms with Gasteiger partial charge < -0.3 is 9.80 Å². The molecule has 2 heteroatoms. The summed E-state index contributed by atoms with van der Waals surface area (Å²) in [6, 6.07) is 49.8. The van der Waals surface area contributed by atoms with Gasteiger partial charge in [0.1, 0.15) is 0 Å². The van der Waals surface area contributed by atoms with Crippen LogP contribution in [-0.2, 0) is 5.41 Å². The molecule has 286 valence electrons. The second-order valence-corrected chi connectivity index (χ2v) is 14.0. The van der Waals surface area contributed by atoms with E-state index >= 15 is 0 Å². The van der Waals surface area contributed by atoms with E-state index in [1.165, 1.54) is 27.8 Å². The van der Waals surface area contributed by atoms with Crippen LogP contribution in [0, 0.1) is 0 Å². The van der Waals surface area contributed by atoms with Crippen molar-refractivity contribution >= 4 is 28.3 Å². The smallest absolute Gasteiger partial charge is 0.0704 e. The lowest BCUT2D eigenvalue weighted by atomic mass is 9.67. The molecule has 0 fully saturated rings. The van der Waals surface area contributed by atoms with Gasteiger partial charge in [0.05, 0.1) is 5.41 Å². The number of para-hydroxylation sites is 3. The first-order chi connectivity index (χ1) is 28.1. The molecule has 3 aliphatic rings. The van der Waals surface area contributed by atoms with Gasteiger partial charge in [-0.3, -0.25) is 0 Å². The van der Waals surface area contributed by atoms with Crippen LogP contribution in [0.15, 0.2) is 230 Å². The lowest BCUT2D eigenvalue weighted by Gasteiger charge is -2.35. The van der Waals surface area contributed by atoms with Crippen LogP contribution >= 0.6 is 0 Å². The Balaban J connectivity index is 0.000000545. The van der Waals surface area contributed by atoms with Crippen molar-refractivity contribution < 1.29 is 0 Å². The number of benzene rings is 5. The molecule has 5 aromatic carbocycles. The minimum absolute atomic E-state index is 0.518. The third-order valence-corrected chi connectivity index (χ3v) is 10.6. The number of fused-ring (bicyclic) bond motifs is 3. The molecule has 0 heterocycles. The first-order valence-electron chi connectivity index (χ1n) is 20.5. The summed E-state index contributed by atoms with van der Waals surface area (Å²) in [7, 11) is 2.13. The van der Waals surface area contributed by atoms with Crippen LogP contribution in [0.5, 0.6) is 0 Å². The zero-order valence-corrected chi connectivity index (χ0v) is 34.1. The summed E-state index contributed by atoms with van der Waals surface area (Å²) in [5, 5.41) is 0. The van der Waals surface area contributed by atoms with Crippen molar-refractivity contribution in [3.8, 4) is 0 Å². The van der Waals surface area contributed by atoms with Crippen molar-refractivity contribution in [2.75, 3.05) is 16.8 Å². The Morgan fingerprint density at radius 3 is 1.72 bits per heavy atom. The van der Waals surface area contributed by atoms with E-state index in [9.17, 15) is 0 Å². The Kier molecular flexibility index (Phi) is 14.1. The lowest BCUT2D eigenvalue weighted by Crippen LogP contribution is -2.29. The van der Waals surface area contributed by atoms with Gasteiger partial charge in [0.2, 0.25) is 0 Å². The van der Waals surface area contributed by atoms with Crippen molar-refractivity contribution in [3.05, 3.63) is 246 Å². The molecular formula is C55H56N2. The average molecular weight is 745 g/mol. The van der Waals surface area contributed by atoms with E-state index in [0.29, 0.717) is 0 Å². The predicted molar refractivity (Wildman–Crippen MR) is 249 cm³/mol. The van der Waals surface area contributed by atoms with Crippen molar-refractivity contribution in [2.24, 2.45) is 0 Å². The number of anilines is 4. The fourth-order valence-corrected chi connectivity index (χ4v) is 7.94. The molecule has 0 saturated heterocycles. The topological polar surface area (TPSA) is 6.48 Å². The molecule has 1 unspecified atom stereocenters. The van der Waals surface area contributed by atoms with Crippen LogP contribution in [0.25, 0.3) is 5.57 Å². The second kappa shape index (κ2) is 20.0. The van der Waals surface area contributed by atoms with Crippen LogP contribution in [0.2, 0.25) is 0 Å². The van der Waals surface area contributed by atoms with Gasteiger partial charge in [-0.15, -0.1) is 0 Å². The van der Waals surface area contributed by atoms with Crippen LogP contribution in [-0.4, -0.2) is 7.05 Å². The molecule has 0 radical (unpaired) electrons. The quantitative estimate of drug-likeness (QED) is 0.139. The van der Waals surface area contributed by atoms with Gasteiger partial charge in [0, 0.05) is 35.5 Å². The molecule has 2 nitrogen and oxygen atoms in total. The van der Waals surface area contributed by atoms with Gasteiger partial charge in [-0.1, -0.05) is 172 Å². The minimum atomic E-state index is -0.518. The summed E-state index contributed by atoms with van der Waals surface area (Å²) < 4.78 is 0. The summed E-state index contributed by atoms with van der Waals surface area (Å²) in [5.74, 6) is 0. The van der Waals surface area contributed by atoms with E-state index in [2.05, 4.69) is 218 Å². The minimum Gasteiger partial charge on any atom is -0.345 e. The first kappa shape index (κ1) is 40.3. The van der Waals surface area contributed by atoms with Crippen molar-refractivity contribution in [1.29, 1.82) is 0 Å². The summed E-state index contributed by atoms with van der Waals surface area (Å²) in [5.41, 5.74) is 12.7. The van der Waals surface area contributed by atoms with Gasteiger partial charge in [0.25, 0.3) is 0 Å². The highest BCUT2D eigenvalue weighted by atomic mass is 15.1. The van der Waals surface area contributed by atoms with Crippen LogP contribution in [0.1, 0.15) is 63.1 Å². The molecule has 0 bridgehead atoms. The number of nitrogens with zero attached hydrogens (tertiary/aromatic N) is 2. The van der Waals surface area contributed by atoms with Gasteiger partial charge in [0.15, 0.2) is 0 Å². The highest BCUT2D eigenvalue weighted by Gasteiger charge is 2.48. The molecule has 0 N–H and O–H groups in total. The zero-order valence-electron chi connectivity index (χ0n) is 34.1. The molecule has 5 aromatic rings. The molecule has 0 aliphatic heterocycles. The van der Waals surface area contributed by atoms with E-state index in [1.54, 1.807) is 0 Å². The van der Waals surface area contributed by atoms with E-state index in [0.717, 1.165) is 59.7 Å². The molecular weight excluding hydrogens is 689 g/mol. The Morgan fingerprint density at radius 2 is 1.12 bits per heavy atom. The Bertz CT molecular complexity index is 2230. The number of hydrogen-bond acceptors (Lipinski definition) is 2. The van der Waals surface area contributed by atoms with Crippen molar-refractivity contribution in [3.63, 3.8) is 0 Å². The number of rotatable bonds is 9. The third kappa shape index (κ3) is 8.87. The molecule has 0 amide bonds. The van der Waals surface area contributed by atoms with E-state index in [-0.39, 0.29) is 0 Å². The SMILES string of the molecule is C1=CC=CCC=C1.C=C(/C=C\C(=C/C)N(c1ccccc1)c1ccccc1)C1(c2ccc(N(C)c3ccccc3)cc2)C2=CCCCC=C2c2ccccc21.CC. The zero-order chi connectivity index (χ0) is 39.9. The van der Waals surface area contributed by atoms with E-state index in [4.69, 9.17) is 6.58 Å². The molecule has 0 spiro atoms.